The minimum absolute atomic E-state index is 0.0506. The van der Waals surface area contributed by atoms with Crippen LogP contribution >= 0.6 is 0 Å². The third-order valence-electron chi connectivity index (χ3n) is 4.42. The number of nitrogens with one attached hydrogen (secondary N) is 1. The summed E-state index contributed by atoms with van der Waals surface area (Å²) in [6.45, 7) is 1.42. The molecular weight excluding hydrogens is 309 g/mol. The fourth-order valence-electron chi connectivity index (χ4n) is 3.23. The summed E-state index contributed by atoms with van der Waals surface area (Å²) >= 11 is 0. The van der Waals surface area contributed by atoms with E-state index in [1.807, 2.05) is 0 Å². The van der Waals surface area contributed by atoms with Gasteiger partial charge in [-0.1, -0.05) is 0 Å². The normalized spacial score (nSPS) is 18.0. The minimum atomic E-state index is -0.334. The second-order valence-electron chi connectivity index (χ2n) is 5.95. The smallest absolute Gasteiger partial charge is 0.182 e. The molecule has 6 nitrogen and oxygen atoms in total. The SMILES string of the molecule is O=C(c1ccc(F)cc1)C1CCCN(c2ncnc3nc[nH]c23)C1. The molecule has 1 saturated heterocycles. The van der Waals surface area contributed by atoms with Crippen molar-refractivity contribution in [3.05, 3.63) is 48.3 Å². The van der Waals surface area contributed by atoms with Crippen LogP contribution in [0.15, 0.2) is 36.9 Å². The van der Waals surface area contributed by atoms with Gasteiger partial charge >= 0.3 is 0 Å². The van der Waals surface area contributed by atoms with Gasteiger partial charge < -0.3 is 9.88 Å². The largest absolute Gasteiger partial charge is 0.354 e. The van der Waals surface area contributed by atoms with Crippen molar-refractivity contribution in [2.45, 2.75) is 12.8 Å². The molecule has 3 aromatic rings. The lowest BCUT2D eigenvalue weighted by atomic mass is 9.90. The average Bonchev–Trinajstić information content (AvgIpc) is 3.10. The maximum absolute atomic E-state index is 13.1. The maximum atomic E-state index is 13.1. The number of carbonyl (C=O) groups excluding carboxylic acids is 1. The van der Waals surface area contributed by atoms with Crippen LogP contribution in [-0.4, -0.2) is 38.8 Å². The monoisotopic (exact) mass is 325 g/mol. The number of Topliss-reactive ketones (excluding diaryl/α,β-unsaturated/α-hetero) is 1. The Hall–Kier alpha value is -2.83. The Bertz CT molecular complexity index is 876. The number of piperidine rings is 1. The van der Waals surface area contributed by atoms with Crippen molar-refractivity contribution in [3.63, 3.8) is 0 Å². The van der Waals surface area contributed by atoms with E-state index in [2.05, 4.69) is 24.8 Å². The first-order valence-electron chi connectivity index (χ1n) is 7.91. The Kier molecular flexibility index (Phi) is 3.68. The maximum Gasteiger partial charge on any atom is 0.182 e. The average molecular weight is 325 g/mol. The second kappa shape index (κ2) is 5.99. The highest BCUT2D eigenvalue weighted by atomic mass is 19.1. The van der Waals surface area contributed by atoms with E-state index in [0.29, 0.717) is 17.8 Å². The molecule has 1 N–H and O–H groups in total. The van der Waals surface area contributed by atoms with Crippen LogP contribution in [0.4, 0.5) is 10.2 Å². The van der Waals surface area contributed by atoms with Gasteiger partial charge in [-0.3, -0.25) is 4.79 Å². The molecule has 122 valence electrons. The number of imidazole rings is 1. The van der Waals surface area contributed by atoms with Crippen LogP contribution in [0.25, 0.3) is 11.2 Å². The van der Waals surface area contributed by atoms with Gasteiger partial charge in [0.1, 0.15) is 17.7 Å². The molecule has 0 bridgehead atoms. The zero-order valence-electron chi connectivity index (χ0n) is 12.9. The molecule has 1 aliphatic rings. The lowest BCUT2D eigenvalue weighted by molar-refractivity contribution is 0.0907. The van der Waals surface area contributed by atoms with E-state index < -0.39 is 0 Å². The Balaban J connectivity index is 1.58. The lowest BCUT2D eigenvalue weighted by Crippen LogP contribution is -2.39. The number of aromatic amines is 1. The molecule has 1 atom stereocenters. The third-order valence-corrected chi connectivity index (χ3v) is 4.42. The molecule has 1 aromatic carbocycles. The van der Waals surface area contributed by atoms with E-state index in [4.69, 9.17) is 0 Å². The Morgan fingerprint density at radius 3 is 2.88 bits per heavy atom. The van der Waals surface area contributed by atoms with Crippen molar-refractivity contribution in [2.75, 3.05) is 18.0 Å². The van der Waals surface area contributed by atoms with Crippen LogP contribution in [0.3, 0.4) is 0 Å². The third kappa shape index (κ3) is 2.62. The summed E-state index contributed by atoms with van der Waals surface area (Å²) in [6.07, 6.45) is 4.80. The molecule has 3 heterocycles. The molecule has 1 unspecified atom stereocenters. The van der Waals surface area contributed by atoms with Crippen LogP contribution in [0.2, 0.25) is 0 Å². The zero-order valence-corrected chi connectivity index (χ0v) is 12.9. The van der Waals surface area contributed by atoms with Gasteiger partial charge in [0.25, 0.3) is 0 Å². The summed E-state index contributed by atoms with van der Waals surface area (Å²) < 4.78 is 13.1. The van der Waals surface area contributed by atoms with Crippen molar-refractivity contribution in [1.29, 1.82) is 0 Å². The molecule has 1 fully saturated rings. The number of aromatic nitrogens is 4. The molecule has 1 aliphatic heterocycles. The minimum Gasteiger partial charge on any atom is -0.354 e. The number of fused-ring (bicyclic) bond motifs is 1. The quantitative estimate of drug-likeness (QED) is 0.749. The van der Waals surface area contributed by atoms with Gasteiger partial charge in [-0.25, -0.2) is 19.3 Å². The molecule has 0 radical (unpaired) electrons. The standard InChI is InChI=1S/C17H16FN5O/c18-13-5-3-11(4-6-13)15(24)12-2-1-7-23(8-12)17-14-16(20-9-19-14)21-10-22-17/h3-6,9-10,12H,1-2,7-8H2,(H,19,20,21,22). The molecule has 24 heavy (non-hydrogen) atoms. The van der Waals surface area contributed by atoms with Crippen LogP contribution < -0.4 is 4.90 Å². The Labute approximate surface area is 137 Å². The number of anilines is 1. The van der Waals surface area contributed by atoms with E-state index in [1.54, 1.807) is 18.5 Å². The fraction of sp³-hybridized carbons (Fsp3) is 0.294. The molecular formula is C17H16FN5O. The number of hydrogen-bond donors (Lipinski definition) is 1. The van der Waals surface area contributed by atoms with Gasteiger partial charge in [-0.05, 0) is 37.1 Å². The first-order valence-corrected chi connectivity index (χ1v) is 7.91. The predicted molar refractivity (Wildman–Crippen MR) is 87.4 cm³/mol. The number of halogens is 1. The van der Waals surface area contributed by atoms with Crippen molar-refractivity contribution < 1.29 is 9.18 Å². The van der Waals surface area contributed by atoms with Crippen molar-refractivity contribution in [1.82, 2.24) is 19.9 Å². The van der Waals surface area contributed by atoms with Crippen molar-refractivity contribution in [3.8, 4) is 0 Å². The summed E-state index contributed by atoms with van der Waals surface area (Å²) in [5.74, 6) is 0.361. The van der Waals surface area contributed by atoms with Crippen LogP contribution in [0.1, 0.15) is 23.2 Å². The summed E-state index contributed by atoms with van der Waals surface area (Å²) in [5, 5.41) is 0. The molecule has 0 aliphatic carbocycles. The van der Waals surface area contributed by atoms with Gasteiger partial charge in [0.2, 0.25) is 0 Å². The van der Waals surface area contributed by atoms with Gasteiger partial charge in [-0.15, -0.1) is 0 Å². The second-order valence-corrected chi connectivity index (χ2v) is 5.95. The van der Waals surface area contributed by atoms with E-state index in [9.17, 15) is 9.18 Å². The van der Waals surface area contributed by atoms with Crippen LogP contribution in [0.5, 0.6) is 0 Å². The number of rotatable bonds is 3. The van der Waals surface area contributed by atoms with Crippen molar-refractivity contribution in [2.24, 2.45) is 5.92 Å². The molecule has 0 saturated carbocycles. The summed E-state index contributed by atoms with van der Waals surface area (Å²) in [5.41, 5.74) is 1.96. The van der Waals surface area contributed by atoms with Gasteiger partial charge in [0, 0.05) is 24.6 Å². The molecule has 7 heteroatoms. The highest BCUT2D eigenvalue weighted by Gasteiger charge is 2.28. The number of carbonyl (C=O) groups is 1. The highest BCUT2D eigenvalue weighted by Crippen LogP contribution is 2.27. The summed E-state index contributed by atoms with van der Waals surface area (Å²) in [7, 11) is 0. The molecule has 0 amide bonds. The fourth-order valence-corrected chi connectivity index (χ4v) is 3.23. The van der Waals surface area contributed by atoms with E-state index in [1.165, 1.54) is 18.5 Å². The lowest BCUT2D eigenvalue weighted by Gasteiger charge is -2.32. The topological polar surface area (TPSA) is 74.8 Å². The number of hydrogen-bond acceptors (Lipinski definition) is 5. The zero-order chi connectivity index (χ0) is 16.5. The molecule has 2 aromatic heterocycles. The summed E-state index contributed by atoms with van der Waals surface area (Å²) in [4.78, 5) is 30.5. The van der Waals surface area contributed by atoms with Gasteiger partial charge in [-0.2, -0.15) is 0 Å². The van der Waals surface area contributed by atoms with E-state index in [0.717, 1.165) is 30.7 Å². The number of H-pyrrole nitrogens is 1. The van der Waals surface area contributed by atoms with E-state index in [-0.39, 0.29) is 17.5 Å². The first kappa shape index (κ1) is 14.7. The number of ketones is 1. The Morgan fingerprint density at radius 1 is 1.21 bits per heavy atom. The molecule has 4 rings (SSSR count). The van der Waals surface area contributed by atoms with Crippen molar-refractivity contribution >= 4 is 22.8 Å². The summed E-state index contributed by atoms with van der Waals surface area (Å²) in [6, 6.07) is 5.75. The van der Waals surface area contributed by atoms with Crippen LogP contribution in [-0.2, 0) is 0 Å². The Morgan fingerprint density at radius 2 is 2.04 bits per heavy atom. The van der Waals surface area contributed by atoms with Crippen LogP contribution in [0, 0.1) is 11.7 Å². The highest BCUT2D eigenvalue weighted by molar-refractivity contribution is 5.98. The first-order chi connectivity index (χ1) is 11.7. The predicted octanol–water partition coefficient (Wildman–Crippen LogP) is 2.59. The van der Waals surface area contributed by atoms with Gasteiger partial charge in [0.15, 0.2) is 17.2 Å². The number of nitrogens with zero attached hydrogens (tertiary/aromatic N) is 4. The van der Waals surface area contributed by atoms with Gasteiger partial charge in [0.05, 0.1) is 6.33 Å². The molecule has 0 spiro atoms. The van der Waals surface area contributed by atoms with E-state index >= 15 is 0 Å². The number of benzene rings is 1.